The maximum Gasteiger partial charge on any atom is 0.303 e. The van der Waals surface area contributed by atoms with Crippen LogP contribution in [0.1, 0.15) is 24.1 Å². The van der Waals surface area contributed by atoms with E-state index in [2.05, 4.69) is 17.2 Å². The molecule has 0 saturated carbocycles. The van der Waals surface area contributed by atoms with E-state index in [0.29, 0.717) is 21.8 Å². The molecule has 0 aromatic heterocycles. The van der Waals surface area contributed by atoms with Gasteiger partial charge in [-0.3, -0.25) is 14.5 Å². The average molecular weight is 435 g/mol. The molecule has 0 radical (unpaired) electrons. The van der Waals surface area contributed by atoms with Crippen LogP contribution in [0.15, 0.2) is 78.9 Å². The van der Waals surface area contributed by atoms with Crippen LogP contribution in [-0.2, 0) is 16.1 Å². The van der Waals surface area contributed by atoms with Gasteiger partial charge in [0, 0.05) is 22.8 Å². The molecule has 0 aliphatic carbocycles. The Labute approximate surface area is 185 Å². The molecule has 0 aliphatic heterocycles. The van der Waals surface area contributed by atoms with Gasteiger partial charge in [0.05, 0.1) is 0 Å². The summed E-state index contributed by atoms with van der Waals surface area (Å²) in [4.78, 5) is 27.6. The van der Waals surface area contributed by atoms with Crippen LogP contribution in [-0.4, -0.2) is 11.8 Å². The molecule has 0 spiro atoms. The zero-order valence-corrected chi connectivity index (χ0v) is 17.6. The maximum absolute atomic E-state index is 14.0. The SMILES string of the molecule is CC#CC(=O)N(c1cccc(Cl)c1)C(C(=O)NCc1ccccc1F)c1ccccc1. The number of hydrogen-bond acceptors (Lipinski definition) is 2. The Balaban J connectivity index is 2.02. The number of amides is 2. The van der Waals surface area contributed by atoms with Gasteiger partial charge >= 0.3 is 5.91 Å². The van der Waals surface area contributed by atoms with Crippen molar-refractivity contribution in [1.29, 1.82) is 0 Å². The fourth-order valence-corrected chi connectivity index (χ4v) is 3.34. The first-order valence-corrected chi connectivity index (χ1v) is 9.96. The number of benzene rings is 3. The maximum atomic E-state index is 14.0. The van der Waals surface area contributed by atoms with Gasteiger partial charge in [-0.05, 0) is 42.7 Å². The zero-order chi connectivity index (χ0) is 22.2. The number of nitrogens with one attached hydrogen (secondary N) is 1. The van der Waals surface area contributed by atoms with Crippen molar-refractivity contribution in [2.45, 2.75) is 19.5 Å². The molecule has 0 bridgehead atoms. The minimum atomic E-state index is -1.03. The molecule has 0 heterocycles. The number of anilines is 1. The highest BCUT2D eigenvalue weighted by Crippen LogP contribution is 2.30. The summed E-state index contributed by atoms with van der Waals surface area (Å²) in [6, 6.07) is 20.7. The summed E-state index contributed by atoms with van der Waals surface area (Å²) < 4.78 is 14.0. The largest absolute Gasteiger partial charge is 0.350 e. The minimum absolute atomic E-state index is 0.0220. The molecule has 3 aromatic carbocycles. The highest BCUT2D eigenvalue weighted by atomic mass is 35.5. The van der Waals surface area contributed by atoms with Crippen LogP contribution in [0.3, 0.4) is 0 Å². The molecular formula is C25H20ClFN2O2. The number of carbonyl (C=O) groups excluding carboxylic acids is 2. The summed E-state index contributed by atoms with van der Waals surface area (Å²) in [7, 11) is 0. The Hall–Kier alpha value is -3.62. The molecule has 1 atom stereocenters. The number of carbonyl (C=O) groups is 2. The van der Waals surface area contributed by atoms with Gasteiger partial charge in [-0.25, -0.2) is 4.39 Å². The van der Waals surface area contributed by atoms with Gasteiger partial charge in [0.25, 0.3) is 0 Å². The molecule has 0 fully saturated rings. The lowest BCUT2D eigenvalue weighted by molar-refractivity contribution is -0.125. The fourth-order valence-electron chi connectivity index (χ4n) is 3.15. The van der Waals surface area contributed by atoms with Gasteiger partial charge in [-0.1, -0.05) is 72.1 Å². The summed E-state index contributed by atoms with van der Waals surface area (Å²) in [6.07, 6.45) is 0. The van der Waals surface area contributed by atoms with Crippen LogP contribution in [0.2, 0.25) is 5.02 Å². The van der Waals surface area contributed by atoms with E-state index in [4.69, 9.17) is 11.6 Å². The zero-order valence-electron chi connectivity index (χ0n) is 16.8. The Bertz CT molecular complexity index is 1140. The molecule has 1 N–H and O–H groups in total. The number of rotatable bonds is 6. The highest BCUT2D eigenvalue weighted by molar-refractivity contribution is 6.31. The summed E-state index contributed by atoms with van der Waals surface area (Å²) in [5.74, 6) is 3.65. The molecular weight excluding hydrogens is 415 g/mol. The van der Waals surface area contributed by atoms with Crippen LogP contribution in [0, 0.1) is 17.7 Å². The summed E-state index contributed by atoms with van der Waals surface area (Å²) in [6.45, 7) is 1.52. The van der Waals surface area contributed by atoms with Crippen molar-refractivity contribution in [3.05, 3.63) is 101 Å². The Kier molecular flexibility index (Phi) is 7.42. The number of halogens is 2. The summed E-state index contributed by atoms with van der Waals surface area (Å²) >= 11 is 6.14. The van der Waals surface area contributed by atoms with Crippen LogP contribution >= 0.6 is 11.6 Å². The van der Waals surface area contributed by atoms with Gasteiger partial charge in [0.15, 0.2) is 0 Å². The third kappa shape index (κ3) is 5.50. The monoisotopic (exact) mass is 434 g/mol. The van der Waals surface area contributed by atoms with Crippen molar-refractivity contribution in [2.75, 3.05) is 4.90 Å². The van der Waals surface area contributed by atoms with Gasteiger partial charge in [-0.2, -0.15) is 0 Å². The Morgan fingerprint density at radius 1 is 1.03 bits per heavy atom. The molecule has 3 aromatic rings. The lowest BCUT2D eigenvalue weighted by Crippen LogP contribution is -2.43. The van der Waals surface area contributed by atoms with Crippen molar-refractivity contribution in [1.82, 2.24) is 5.32 Å². The van der Waals surface area contributed by atoms with E-state index in [1.165, 1.54) is 11.0 Å². The molecule has 0 aliphatic rings. The second-order valence-electron chi connectivity index (χ2n) is 6.65. The molecule has 3 rings (SSSR count). The third-order valence-corrected chi connectivity index (χ3v) is 4.80. The van der Waals surface area contributed by atoms with Crippen molar-refractivity contribution < 1.29 is 14.0 Å². The molecule has 6 heteroatoms. The molecule has 2 amide bonds. The first kappa shape index (κ1) is 22.1. The van der Waals surface area contributed by atoms with E-state index >= 15 is 0 Å². The molecule has 31 heavy (non-hydrogen) atoms. The molecule has 4 nitrogen and oxygen atoms in total. The Morgan fingerprint density at radius 3 is 2.42 bits per heavy atom. The van der Waals surface area contributed by atoms with Gasteiger partial charge in [0.1, 0.15) is 11.9 Å². The van der Waals surface area contributed by atoms with Crippen LogP contribution in [0.25, 0.3) is 0 Å². The molecule has 1 unspecified atom stereocenters. The van der Waals surface area contributed by atoms with E-state index in [1.54, 1.807) is 73.7 Å². The van der Waals surface area contributed by atoms with E-state index in [-0.39, 0.29) is 6.54 Å². The predicted octanol–water partition coefficient (Wildman–Crippen LogP) is 4.89. The second-order valence-corrected chi connectivity index (χ2v) is 7.09. The molecule has 0 saturated heterocycles. The lowest BCUT2D eigenvalue weighted by atomic mass is 10.0. The topological polar surface area (TPSA) is 49.4 Å². The quantitative estimate of drug-likeness (QED) is 0.561. The summed E-state index contributed by atoms with van der Waals surface area (Å²) in [5, 5.41) is 3.16. The minimum Gasteiger partial charge on any atom is -0.350 e. The van der Waals surface area contributed by atoms with Crippen LogP contribution in [0.5, 0.6) is 0 Å². The van der Waals surface area contributed by atoms with E-state index < -0.39 is 23.7 Å². The van der Waals surface area contributed by atoms with Gasteiger partial charge in [0.2, 0.25) is 5.91 Å². The first-order chi connectivity index (χ1) is 15.0. The van der Waals surface area contributed by atoms with E-state index in [0.717, 1.165) is 0 Å². The summed E-state index contributed by atoms with van der Waals surface area (Å²) in [5.41, 5.74) is 1.35. The van der Waals surface area contributed by atoms with E-state index in [9.17, 15) is 14.0 Å². The standard InChI is InChI=1S/C25H20ClFN2O2/c1-2-9-23(30)29(21-14-8-13-20(26)16-21)24(18-10-4-3-5-11-18)25(31)28-17-19-12-6-7-15-22(19)27/h3-8,10-16,24H,17H2,1H3,(H,28,31). The third-order valence-electron chi connectivity index (χ3n) is 4.57. The van der Waals surface area contributed by atoms with Crippen molar-refractivity contribution in [2.24, 2.45) is 0 Å². The smallest absolute Gasteiger partial charge is 0.303 e. The molecule has 156 valence electrons. The highest BCUT2D eigenvalue weighted by Gasteiger charge is 2.32. The van der Waals surface area contributed by atoms with Gasteiger partial charge < -0.3 is 5.32 Å². The van der Waals surface area contributed by atoms with Gasteiger partial charge in [-0.15, -0.1) is 0 Å². The van der Waals surface area contributed by atoms with Crippen molar-refractivity contribution in [3.8, 4) is 11.8 Å². The number of hydrogen-bond donors (Lipinski definition) is 1. The van der Waals surface area contributed by atoms with Crippen LogP contribution < -0.4 is 10.2 Å². The predicted molar refractivity (Wildman–Crippen MR) is 120 cm³/mol. The lowest BCUT2D eigenvalue weighted by Gasteiger charge is -2.30. The second kappa shape index (κ2) is 10.4. The average Bonchev–Trinajstić information content (AvgIpc) is 2.77. The van der Waals surface area contributed by atoms with Crippen molar-refractivity contribution >= 4 is 29.1 Å². The Morgan fingerprint density at radius 2 is 1.74 bits per heavy atom. The first-order valence-electron chi connectivity index (χ1n) is 9.59. The number of nitrogens with zero attached hydrogens (tertiary/aromatic N) is 1. The van der Waals surface area contributed by atoms with Crippen molar-refractivity contribution in [3.63, 3.8) is 0 Å². The van der Waals surface area contributed by atoms with E-state index in [1.807, 2.05) is 6.07 Å². The fraction of sp³-hybridized carbons (Fsp3) is 0.120. The normalized spacial score (nSPS) is 11.1. The van der Waals surface area contributed by atoms with Crippen LogP contribution in [0.4, 0.5) is 10.1 Å².